The van der Waals surface area contributed by atoms with E-state index in [0.29, 0.717) is 30.0 Å². The van der Waals surface area contributed by atoms with Crippen LogP contribution in [0.4, 0.5) is 0 Å². The van der Waals surface area contributed by atoms with E-state index in [1.54, 1.807) is 6.92 Å². The van der Waals surface area contributed by atoms with E-state index in [4.69, 9.17) is 4.52 Å². The van der Waals surface area contributed by atoms with Gasteiger partial charge in [0.1, 0.15) is 23.5 Å². The zero-order chi connectivity index (χ0) is 13.7. The summed E-state index contributed by atoms with van der Waals surface area (Å²) in [6.45, 7) is 4.26. The highest BCUT2D eigenvalue weighted by Crippen LogP contribution is 2.13. The smallest absolute Gasteiger partial charge is 0.256 e. The number of aromatic nitrogens is 4. The van der Waals surface area contributed by atoms with Crippen LogP contribution >= 0.6 is 0 Å². The first-order valence-corrected chi connectivity index (χ1v) is 6.30. The molecule has 2 aromatic heterocycles. The number of nitrogens with zero attached hydrogens (tertiary/aromatic N) is 3. The van der Waals surface area contributed by atoms with E-state index >= 15 is 0 Å². The summed E-state index contributed by atoms with van der Waals surface area (Å²) >= 11 is 0. The number of aromatic amines is 1. The van der Waals surface area contributed by atoms with Gasteiger partial charge in [0.25, 0.3) is 5.91 Å². The lowest BCUT2D eigenvalue weighted by Gasteiger charge is -2.04. The summed E-state index contributed by atoms with van der Waals surface area (Å²) in [6.07, 6.45) is 3.70. The van der Waals surface area contributed by atoms with E-state index in [1.807, 2.05) is 6.92 Å². The molecular formula is C12H17N5O2. The number of amides is 1. The van der Waals surface area contributed by atoms with Crippen LogP contribution in [0.5, 0.6) is 0 Å². The van der Waals surface area contributed by atoms with Crippen molar-refractivity contribution in [1.29, 1.82) is 0 Å². The Labute approximate surface area is 110 Å². The maximum absolute atomic E-state index is 12.0. The van der Waals surface area contributed by atoms with Crippen molar-refractivity contribution in [1.82, 2.24) is 25.7 Å². The molecule has 0 saturated heterocycles. The largest absolute Gasteiger partial charge is 0.361 e. The van der Waals surface area contributed by atoms with Gasteiger partial charge < -0.3 is 9.84 Å². The van der Waals surface area contributed by atoms with E-state index in [-0.39, 0.29) is 5.91 Å². The number of hydrogen-bond acceptors (Lipinski definition) is 5. The van der Waals surface area contributed by atoms with Gasteiger partial charge in [-0.15, -0.1) is 0 Å². The van der Waals surface area contributed by atoms with E-state index in [0.717, 1.165) is 18.7 Å². The number of hydrogen-bond donors (Lipinski definition) is 2. The van der Waals surface area contributed by atoms with E-state index in [2.05, 4.69) is 25.7 Å². The van der Waals surface area contributed by atoms with Gasteiger partial charge in [0, 0.05) is 13.0 Å². The number of nitrogens with one attached hydrogen (secondary N) is 2. The lowest BCUT2D eigenvalue weighted by molar-refractivity contribution is 0.0951. The first-order valence-electron chi connectivity index (χ1n) is 6.30. The molecule has 1 amide bonds. The lowest BCUT2D eigenvalue weighted by atomic mass is 10.1. The zero-order valence-corrected chi connectivity index (χ0v) is 11.1. The quantitative estimate of drug-likeness (QED) is 0.758. The van der Waals surface area contributed by atoms with Gasteiger partial charge in [-0.3, -0.25) is 9.89 Å². The summed E-state index contributed by atoms with van der Waals surface area (Å²) in [7, 11) is 0. The van der Waals surface area contributed by atoms with Crippen LogP contribution in [0.2, 0.25) is 0 Å². The summed E-state index contributed by atoms with van der Waals surface area (Å²) in [5.41, 5.74) is 1.26. The minimum Gasteiger partial charge on any atom is -0.361 e. The van der Waals surface area contributed by atoms with Crippen LogP contribution in [-0.2, 0) is 12.8 Å². The maximum atomic E-state index is 12.0. The molecule has 0 spiro atoms. The third-order valence-electron chi connectivity index (χ3n) is 2.84. The third-order valence-corrected chi connectivity index (χ3v) is 2.84. The number of carbonyl (C=O) groups is 1. The Morgan fingerprint density at radius 3 is 3.05 bits per heavy atom. The molecule has 0 aliphatic carbocycles. The van der Waals surface area contributed by atoms with Crippen LogP contribution in [0.15, 0.2) is 10.9 Å². The van der Waals surface area contributed by atoms with Gasteiger partial charge >= 0.3 is 0 Å². The highest BCUT2D eigenvalue weighted by atomic mass is 16.5. The summed E-state index contributed by atoms with van der Waals surface area (Å²) in [5, 5.41) is 13.3. The van der Waals surface area contributed by atoms with Gasteiger partial charge in [-0.25, -0.2) is 4.98 Å². The molecule has 19 heavy (non-hydrogen) atoms. The first-order chi connectivity index (χ1) is 9.22. The fourth-order valence-corrected chi connectivity index (χ4v) is 1.85. The minimum absolute atomic E-state index is 0.131. The molecule has 2 heterocycles. The molecule has 7 heteroatoms. The van der Waals surface area contributed by atoms with Gasteiger partial charge in [0.15, 0.2) is 0 Å². The minimum atomic E-state index is -0.131. The lowest BCUT2D eigenvalue weighted by Crippen LogP contribution is -2.26. The molecule has 7 nitrogen and oxygen atoms in total. The average Bonchev–Trinajstić information content (AvgIpc) is 3.03. The fraction of sp³-hybridized carbons (Fsp3) is 0.500. The van der Waals surface area contributed by atoms with Crippen molar-refractivity contribution in [3.05, 3.63) is 29.2 Å². The summed E-state index contributed by atoms with van der Waals surface area (Å²) in [4.78, 5) is 16.0. The summed E-state index contributed by atoms with van der Waals surface area (Å²) in [6, 6.07) is 0. The molecule has 0 aliphatic heterocycles. The topological polar surface area (TPSA) is 96.7 Å². The SMILES string of the molecule is CCc1noc(C)c1C(=O)NCCCc1ncn[nH]1. The molecule has 2 rings (SSSR count). The number of aryl methyl sites for hydroxylation is 3. The Balaban J connectivity index is 1.82. The molecule has 0 saturated carbocycles. The molecule has 0 atom stereocenters. The van der Waals surface area contributed by atoms with Crippen molar-refractivity contribution in [2.75, 3.05) is 6.54 Å². The Morgan fingerprint density at radius 2 is 2.37 bits per heavy atom. The number of rotatable bonds is 6. The Morgan fingerprint density at radius 1 is 1.53 bits per heavy atom. The van der Waals surface area contributed by atoms with Gasteiger partial charge in [-0.05, 0) is 19.8 Å². The molecule has 2 aromatic rings. The van der Waals surface area contributed by atoms with Crippen molar-refractivity contribution in [2.24, 2.45) is 0 Å². The van der Waals surface area contributed by atoms with Crippen LogP contribution < -0.4 is 5.32 Å². The van der Waals surface area contributed by atoms with Gasteiger partial charge in [0.05, 0.1) is 5.69 Å². The van der Waals surface area contributed by atoms with Crippen molar-refractivity contribution in [2.45, 2.75) is 33.1 Å². The normalized spacial score (nSPS) is 10.6. The highest BCUT2D eigenvalue weighted by molar-refractivity contribution is 5.96. The van der Waals surface area contributed by atoms with Crippen LogP contribution in [0, 0.1) is 6.92 Å². The van der Waals surface area contributed by atoms with Crippen LogP contribution in [0.25, 0.3) is 0 Å². The van der Waals surface area contributed by atoms with E-state index in [1.165, 1.54) is 6.33 Å². The predicted molar refractivity (Wildman–Crippen MR) is 67.7 cm³/mol. The van der Waals surface area contributed by atoms with Crippen molar-refractivity contribution in [3.8, 4) is 0 Å². The molecular weight excluding hydrogens is 246 g/mol. The summed E-state index contributed by atoms with van der Waals surface area (Å²) < 4.78 is 5.04. The maximum Gasteiger partial charge on any atom is 0.256 e. The van der Waals surface area contributed by atoms with E-state index < -0.39 is 0 Å². The van der Waals surface area contributed by atoms with Crippen LogP contribution in [0.3, 0.4) is 0 Å². The molecule has 0 aromatic carbocycles. The highest BCUT2D eigenvalue weighted by Gasteiger charge is 2.18. The molecule has 102 valence electrons. The van der Waals surface area contributed by atoms with E-state index in [9.17, 15) is 4.79 Å². The van der Waals surface area contributed by atoms with Crippen molar-refractivity contribution in [3.63, 3.8) is 0 Å². The molecule has 0 bridgehead atoms. The summed E-state index contributed by atoms with van der Waals surface area (Å²) in [5.74, 6) is 1.25. The Hall–Kier alpha value is -2.18. The van der Waals surface area contributed by atoms with Crippen molar-refractivity contribution < 1.29 is 9.32 Å². The molecule has 2 N–H and O–H groups in total. The molecule has 0 unspecified atom stereocenters. The predicted octanol–water partition coefficient (Wildman–Crippen LogP) is 1.03. The molecule has 0 fully saturated rings. The second-order valence-electron chi connectivity index (χ2n) is 4.21. The average molecular weight is 263 g/mol. The van der Waals surface area contributed by atoms with Crippen LogP contribution in [-0.4, -0.2) is 32.8 Å². The second-order valence-corrected chi connectivity index (χ2v) is 4.21. The fourth-order valence-electron chi connectivity index (χ4n) is 1.85. The van der Waals surface area contributed by atoms with Crippen molar-refractivity contribution >= 4 is 5.91 Å². The third kappa shape index (κ3) is 3.18. The van der Waals surface area contributed by atoms with Gasteiger partial charge in [0.2, 0.25) is 0 Å². The Kier molecular flexibility index (Phi) is 4.27. The molecule has 0 aliphatic rings. The second kappa shape index (κ2) is 6.12. The molecule has 0 radical (unpaired) electrons. The number of carbonyl (C=O) groups excluding carboxylic acids is 1. The van der Waals surface area contributed by atoms with Gasteiger partial charge in [-0.1, -0.05) is 12.1 Å². The van der Waals surface area contributed by atoms with Gasteiger partial charge in [-0.2, -0.15) is 5.10 Å². The monoisotopic (exact) mass is 263 g/mol. The Bertz CT molecular complexity index is 532. The first kappa shape index (κ1) is 13.3. The zero-order valence-electron chi connectivity index (χ0n) is 11.1. The van der Waals surface area contributed by atoms with Crippen LogP contribution in [0.1, 0.15) is 41.0 Å². The standard InChI is InChI=1S/C12H17N5O2/c1-3-9-11(8(2)19-17-9)12(18)13-6-4-5-10-14-7-15-16-10/h7H,3-6H2,1-2H3,(H,13,18)(H,14,15,16). The number of H-pyrrole nitrogens is 1.